The molecule has 24 heavy (non-hydrogen) atoms. The lowest BCUT2D eigenvalue weighted by Crippen LogP contribution is -2.51. The lowest BCUT2D eigenvalue weighted by Gasteiger charge is -2.35. The largest absolute Gasteiger partial charge is 0.339 e. The highest BCUT2D eigenvalue weighted by molar-refractivity contribution is 9.10. The number of carbonyl (C=O) groups is 2. The van der Waals surface area contributed by atoms with Gasteiger partial charge in [-0.15, -0.1) is 0 Å². The summed E-state index contributed by atoms with van der Waals surface area (Å²) in [6.45, 7) is 9.42. The smallest absolute Gasteiger partial charge is 0.254 e. The highest BCUT2D eigenvalue weighted by atomic mass is 79.9. The molecule has 1 aliphatic heterocycles. The van der Waals surface area contributed by atoms with Crippen LogP contribution in [0.5, 0.6) is 0 Å². The van der Waals surface area contributed by atoms with Crippen LogP contribution in [0.4, 0.5) is 0 Å². The molecule has 1 aliphatic rings. The van der Waals surface area contributed by atoms with Crippen molar-refractivity contribution in [3.8, 4) is 0 Å². The second kappa shape index (κ2) is 9.18. The molecule has 2 amide bonds. The summed E-state index contributed by atoms with van der Waals surface area (Å²) in [5, 5.41) is 0. The van der Waals surface area contributed by atoms with Gasteiger partial charge in [0.1, 0.15) is 0 Å². The van der Waals surface area contributed by atoms with E-state index >= 15 is 0 Å². The predicted octanol–water partition coefficient (Wildman–Crippen LogP) is 2.47. The molecule has 0 saturated carbocycles. The van der Waals surface area contributed by atoms with E-state index in [4.69, 9.17) is 0 Å². The maximum absolute atomic E-state index is 12.5. The van der Waals surface area contributed by atoms with Crippen LogP contribution in [0, 0.1) is 0 Å². The van der Waals surface area contributed by atoms with E-state index in [-0.39, 0.29) is 11.8 Å². The van der Waals surface area contributed by atoms with E-state index in [2.05, 4.69) is 34.7 Å². The third-order valence-corrected chi connectivity index (χ3v) is 5.02. The number of carbonyl (C=O) groups excluding carboxylic acids is 2. The molecule has 1 heterocycles. The van der Waals surface area contributed by atoms with Crippen LogP contribution in [0.15, 0.2) is 28.7 Å². The zero-order chi connectivity index (χ0) is 17.5. The fourth-order valence-electron chi connectivity index (χ4n) is 2.91. The van der Waals surface area contributed by atoms with Gasteiger partial charge in [-0.1, -0.05) is 35.8 Å². The normalized spacial score (nSPS) is 15.0. The van der Waals surface area contributed by atoms with Crippen molar-refractivity contribution < 1.29 is 9.59 Å². The van der Waals surface area contributed by atoms with Gasteiger partial charge in [-0.25, -0.2) is 0 Å². The maximum Gasteiger partial charge on any atom is 0.254 e. The van der Waals surface area contributed by atoms with E-state index in [9.17, 15) is 9.59 Å². The Morgan fingerprint density at radius 2 is 1.71 bits per heavy atom. The van der Waals surface area contributed by atoms with Gasteiger partial charge in [0, 0.05) is 49.2 Å². The van der Waals surface area contributed by atoms with Gasteiger partial charge in [0.2, 0.25) is 5.91 Å². The molecule has 5 nitrogen and oxygen atoms in total. The molecule has 1 aromatic carbocycles. The van der Waals surface area contributed by atoms with Crippen molar-refractivity contribution in [3.63, 3.8) is 0 Å². The van der Waals surface area contributed by atoms with Gasteiger partial charge < -0.3 is 14.7 Å². The van der Waals surface area contributed by atoms with Gasteiger partial charge in [-0.05, 0) is 31.3 Å². The molecular weight excluding hydrogens is 370 g/mol. The quantitative estimate of drug-likeness (QED) is 0.742. The van der Waals surface area contributed by atoms with Crippen molar-refractivity contribution in [2.45, 2.75) is 20.3 Å². The van der Waals surface area contributed by atoms with Gasteiger partial charge in [-0.2, -0.15) is 0 Å². The minimum Gasteiger partial charge on any atom is -0.339 e. The first-order valence-corrected chi connectivity index (χ1v) is 9.39. The molecule has 2 rings (SSSR count). The maximum atomic E-state index is 12.5. The Balaban J connectivity index is 1.82. The van der Waals surface area contributed by atoms with Crippen LogP contribution in [0.1, 0.15) is 30.6 Å². The van der Waals surface area contributed by atoms with E-state index < -0.39 is 0 Å². The van der Waals surface area contributed by atoms with Crippen LogP contribution in [-0.2, 0) is 4.79 Å². The van der Waals surface area contributed by atoms with Crippen LogP contribution in [0.3, 0.4) is 0 Å². The van der Waals surface area contributed by atoms with E-state index in [1.165, 1.54) is 0 Å². The Labute approximate surface area is 152 Å². The molecule has 0 unspecified atom stereocenters. The topological polar surface area (TPSA) is 43.9 Å². The number of piperazine rings is 1. The Kier molecular flexibility index (Phi) is 7.24. The van der Waals surface area contributed by atoms with Crippen molar-refractivity contribution in [2.75, 3.05) is 45.8 Å². The van der Waals surface area contributed by atoms with Gasteiger partial charge >= 0.3 is 0 Å². The zero-order valence-electron chi connectivity index (χ0n) is 14.5. The van der Waals surface area contributed by atoms with E-state index in [0.29, 0.717) is 38.2 Å². The van der Waals surface area contributed by atoms with Crippen LogP contribution < -0.4 is 0 Å². The SMILES string of the molecule is CCN(CC)CCC(=O)N1CCN(C(=O)c2cccc(Br)c2)CC1. The number of nitrogens with zero attached hydrogens (tertiary/aromatic N) is 3. The summed E-state index contributed by atoms with van der Waals surface area (Å²) in [5.74, 6) is 0.225. The van der Waals surface area contributed by atoms with E-state index in [1.807, 2.05) is 34.1 Å². The highest BCUT2D eigenvalue weighted by Gasteiger charge is 2.24. The van der Waals surface area contributed by atoms with Crippen LogP contribution in [0.25, 0.3) is 0 Å². The molecule has 1 aromatic rings. The summed E-state index contributed by atoms with van der Waals surface area (Å²) in [5.41, 5.74) is 0.686. The molecule has 0 bridgehead atoms. The second-order valence-corrected chi connectivity index (χ2v) is 6.88. The molecule has 0 aromatic heterocycles. The fraction of sp³-hybridized carbons (Fsp3) is 0.556. The van der Waals surface area contributed by atoms with Gasteiger partial charge in [-0.3, -0.25) is 9.59 Å². The van der Waals surface area contributed by atoms with Crippen molar-refractivity contribution in [3.05, 3.63) is 34.3 Å². The molecule has 0 N–H and O–H groups in total. The van der Waals surface area contributed by atoms with Crippen molar-refractivity contribution in [1.29, 1.82) is 0 Å². The molecule has 0 radical (unpaired) electrons. The summed E-state index contributed by atoms with van der Waals surface area (Å²) >= 11 is 3.40. The number of rotatable bonds is 6. The number of halogens is 1. The Bertz CT molecular complexity index is 567. The second-order valence-electron chi connectivity index (χ2n) is 5.96. The number of amides is 2. The lowest BCUT2D eigenvalue weighted by molar-refractivity contribution is -0.133. The third-order valence-electron chi connectivity index (χ3n) is 4.53. The Morgan fingerprint density at radius 3 is 2.29 bits per heavy atom. The molecule has 0 spiro atoms. The monoisotopic (exact) mass is 395 g/mol. The zero-order valence-corrected chi connectivity index (χ0v) is 16.1. The number of benzene rings is 1. The lowest BCUT2D eigenvalue weighted by atomic mass is 10.2. The van der Waals surface area contributed by atoms with Crippen LogP contribution in [0.2, 0.25) is 0 Å². The minimum atomic E-state index is 0.0338. The number of hydrogen-bond acceptors (Lipinski definition) is 3. The summed E-state index contributed by atoms with van der Waals surface area (Å²) in [4.78, 5) is 30.8. The highest BCUT2D eigenvalue weighted by Crippen LogP contribution is 2.15. The third kappa shape index (κ3) is 5.05. The first-order chi connectivity index (χ1) is 11.5. The molecule has 1 fully saturated rings. The van der Waals surface area contributed by atoms with Crippen molar-refractivity contribution in [2.24, 2.45) is 0 Å². The molecule has 6 heteroatoms. The summed E-state index contributed by atoms with van der Waals surface area (Å²) in [7, 11) is 0. The first-order valence-electron chi connectivity index (χ1n) is 8.60. The fourth-order valence-corrected chi connectivity index (χ4v) is 3.31. The molecule has 0 aliphatic carbocycles. The average molecular weight is 396 g/mol. The van der Waals surface area contributed by atoms with E-state index in [1.54, 1.807) is 0 Å². The molecule has 132 valence electrons. The predicted molar refractivity (Wildman–Crippen MR) is 99.0 cm³/mol. The van der Waals surface area contributed by atoms with Crippen LogP contribution in [-0.4, -0.2) is 72.3 Å². The van der Waals surface area contributed by atoms with Crippen molar-refractivity contribution >= 4 is 27.7 Å². The summed E-state index contributed by atoms with van der Waals surface area (Å²) in [6, 6.07) is 7.44. The van der Waals surface area contributed by atoms with Crippen LogP contribution >= 0.6 is 15.9 Å². The molecular formula is C18H26BrN3O2. The molecule has 0 atom stereocenters. The Morgan fingerprint density at radius 1 is 1.08 bits per heavy atom. The molecule has 1 saturated heterocycles. The summed E-state index contributed by atoms with van der Waals surface area (Å²) < 4.78 is 0.901. The van der Waals surface area contributed by atoms with Gasteiger partial charge in [0.25, 0.3) is 5.91 Å². The van der Waals surface area contributed by atoms with Gasteiger partial charge in [0.15, 0.2) is 0 Å². The Hall–Kier alpha value is -1.40. The van der Waals surface area contributed by atoms with Gasteiger partial charge in [0.05, 0.1) is 0 Å². The summed E-state index contributed by atoms with van der Waals surface area (Å²) in [6.07, 6.45) is 0.557. The van der Waals surface area contributed by atoms with E-state index in [0.717, 1.165) is 24.1 Å². The van der Waals surface area contributed by atoms with Crippen molar-refractivity contribution in [1.82, 2.24) is 14.7 Å². The number of hydrogen-bond donors (Lipinski definition) is 0. The standard InChI is InChI=1S/C18H26BrN3O2/c1-3-20(4-2)9-8-17(23)21-10-12-22(13-11-21)18(24)15-6-5-7-16(19)14-15/h5-7,14H,3-4,8-13H2,1-2H3. The average Bonchev–Trinajstić information content (AvgIpc) is 2.62. The minimum absolute atomic E-state index is 0.0338. The first kappa shape index (κ1) is 18.9.